The number of ether oxygens (including phenoxy) is 1. The van der Waals surface area contributed by atoms with E-state index in [0.717, 1.165) is 10.6 Å². The van der Waals surface area contributed by atoms with Gasteiger partial charge in [-0.3, -0.25) is 4.79 Å². The fraction of sp³-hybridized carbons (Fsp3) is 0.133. The number of nitrogens with one attached hydrogen (secondary N) is 1. The van der Waals surface area contributed by atoms with Gasteiger partial charge < -0.3 is 10.1 Å². The third-order valence-electron chi connectivity index (χ3n) is 2.79. The SMILES string of the molecule is COc1cccc(SCC(=O)Nc2c(Cl)c(Cl)cc(Cl)c2Cl)c1. The highest BCUT2D eigenvalue weighted by Gasteiger charge is 2.16. The number of rotatable bonds is 5. The van der Waals surface area contributed by atoms with Crippen LogP contribution in [0.15, 0.2) is 35.2 Å². The van der Waals surface area contributed by atoms with Crippen molar-refractivity contribution in [1.82, 2.24) is 0 Å². The van der Waals surface area contributed by atoms with Crippen molar-refractivity contribution in [3.63, 3.8) is 0 Å². The molecule has 0 atom stereocenters. The molecule has 0 heterocycles. The minimum Gasteiger partial charge on any atom is -0.497 e. The van der Waals surface area contributed by atoms with E-state index in [2.05, 4.69) is 5.32 Å². The molecule has 2 rings (SSSR count). The molecule has 0 aliphatic rings. The van der Waals surface area contributed by atoms with E-state index in [1.54, 1.807) is 7.11 Å². The summed E-state index contributed by atoms with van der Waals surface area (Å²) in [4.78, 5) is 13.0. The third kappa shape index (κ3) is 4.85. The average Bonchev–Trinajstić information content (AvgIpc) is 2.55. The van der Waals surface area contributed by atoms with Crippen LogP contribution in [0.2, 0.25) is 20.1 Å². The molecule has 0 saturated heterocycles. The van der Waals surface area contributed by atoms with Crippen molar-refractivity contribution < 1.29 is 9.53 Å². The van der Waals surface area contributed by atoms with Crippen molar-refractivity contribution in [2.45, 2.75) is 4.90 Å². The van der Waals surface area contributed by atoms with Gasteiger partial charge in [0.15, 0.2) is 0 Å². The van der Waals surface area contributed by atoms with Crippen molar-refractivity contribution in [1.29, 1.82) is 0 Å². The molecule has 0 saturated carbocycles. The number of hydrogen-bond acceptors (Lipinski definition) is 3. The number of amides is 1. The molecule has 0 unspecified atom stereocenters. The standard InChI is InChI=1S/C15H11Cl4NO2S/c1-22-8-3-2-4-9(5-8)23-7-12(21)20-15-13(18)10(16)6-11(17)14(15)19/h2-6H,7H2,1H3,(H,20,21). The predicted octanol–water partition coefficient (Wildman–Crippen LogP) is 6.04. The quantitative estimate of drug-likeness (QED) is 0.482. The van der Waals surface area contributed by atoms with Crippen LogP contribution in [0.1, 0.15) is 0 Å². The van der Waals surface area contributed by atoms with E-state index in [4.69, 9.17) is 51.1 Å². The van der Waals surface area contributed by atoms with E-state index < -0.39 is 0 Å². The van der Waals surface area contributed by atoms with E-state index >= 15 is 0 Å². The first kappa shape index (κ1) is 18.6. The first-order valence-corrected chi connectivity index (χ1v) is 8.81. The van der Waals surface area contributed by atoms with Crippen LogP contribution >= 0.6 is 58.2 Å². The second-order valence-corrected chi connectivity index (χ2v) is 6.98. The Morgan fingerprint density at radius 2 is 1.78 bits per heavy atom. The Kier molecular flexibility index (Phi) is 6.74. The van der Waals surface area contributed by atoms with Gasteiger partial charge in [-0.1, -0.05) is 52.5 Å². The molecule has 1 N–H and O–H groups in total. The number of thioether (sulfide) groups is 1. The molecule has 122 valence electrons. The lowest BCUT2D eigenvalue weighted by Gasteiger charge is -2.12. The highest BCUT2D eigenvalue weighted by molar-refractivity contribution is 8.00. The fourth-order valence-corrected chi connectivity index (χ4v) is 3.35. The molecule has 0 fully saturated rings. The Bertz CT molecular complexity index is 713. The highest BCUT2D eigenvalue weighted by atomic mass is 35.5. The molecule has 0 aliphatic carbocycles. The van der Waals surface area contributed by atoms with Gasteiger partial charge in [-0.05, 0) is 24.3 Å². The summed E-state index contributed by atoms with van der Waals surface area (Å²) in [6.45, 7) is 0. The Labute approximate surface area is 158 Å². The molecule has 8 heteroatoms. The first-order chi connectivity index (χ1) is 10.9. The number of carbonyl (C=O) groups is 1. The summed E-state index contributed by atoms with van der Waals surface area (Å²) in [6.07, 6.45) is 0. The van der Waals surface area contributed by atoms with Crippen molar-refractivity contribution in [3.05, 3.63) is 50.4 Å². The summed E-state index contributed by atoms with van der Waals surface area (Å²) >= 11 is 25.3. The molecular weight excluding hydrogens is 400 g/mol. The van der Waals surface area contributed by atoms with Crippen molar-refractivity contribution >= 4 is 69.8 Å². The van der Waals surface area contributed by atoms with Crippen LogP contribution in [-0.2, 0) is 4.79 Å². The Morgan fingerprint density at radius 3 is 2.39 bits per heavy atom. The van der Waals surface area contributed by atoms with Crippen LogP contribution in [0, 0.1) is 0 Å². The molecule has 0 radical (unpaired) electrons. The molecule has 0 aromatic heterocycles. The number of halogens is 4. The van der Waals surface area contributed by atoms with Crippen molar-refractivity contribution in [2.75, 3.05) is 18.2 Å². The predicted molar refractivity (Wildman–Crippen MR) is 98.8 cm³/mol. The Morgan fingerprint density at radius 1 is 1.13 bits per heavy atom. The number of hydrogen-bond donors (Lipinski definition) is 1. The van der Waals surface area contributed by atoms with Gasteiger partial charge in [0.1, 0.15) is 5.75 Å². The maximum absolute atomic E-state index is 12.1. The molecule has 1 amide bonds. The largest absolute Gasteiger partial charge is 0.497 e. The zero-order chi connectivity index (χ0) is 17.0. The number of benzene rings is 2. The molecular formula is C15H11Cl4NO2S. The van der Waals surface area contributed by atoms with E-state index in [1.165, 1.54) is 17.8 Å². The van der Waals surface area contributed by atoms with Gasteiger partial charge in [0.2, 0.25) is 5.91 Å². The number of anilines is 1. The fourth-order valence-electron chi connectivity index (χ4n) is 1.70. The van der Waals surface area contributed by atoms with Gasteiger partial charge in [0.05, 0.1) is 38.6 Å². The molecule has 3 nitrogen and oxygen atoms in total. The van der Waals surface area contributed by atoms with Crippen molar-refractivity contribution in [2.24, 2.45) is 0 Å². The Balaban J connectivity index is 2.05. The van der Waals surface area contributed by atoms with Gasteiger partial charge in [-0.25, -0.2) is 0 Å². The molecule has 0 spiro atoms. The zero-order valence-electron chi connectivity index (χ0n) is 11.8. The third-order valence-corrected chi connectivity index (χ3v) is 5.36. The minimum absolute atomic E-state index is 0.154. The second kappa shape index (κ2) is 8.36. The number of carbonyl (C=O) groups excluding carboxylic acids is 1. The topological polar surface area (TPSA) is 38.3 Å². The number of methoxy groups -OCH3 is 1. The van der Waals surface area contributed by atoms with Crippen LogP contribution in [0.4, 0.5) is 5.69 Å². The average molecular weight is 411 g/mol. The van der Waals surface area contributed by atoms with E-state index in [1.807, 2.05) is 24.3 Å². The molecule has 2 aromatic carbocycles. The van der Waals surface area contributed by atoms with Crippen LogP contribution in [-0.4, -0.2) is 18.8 Å². The normalized spacial score (nSPS) is 10.5. The monoisotopic (exact) mass is 409 g/mol. The van der Waals surface area contributed by atoms with E-state index in [9.17, 15) is 4.79 Å². The lowest BCUT2D eigenvalue weighted by molar-refractivity contribution is -0.113. The molecule has 2 aromatic rings. The molecule has 0 bridgehead atoms. The summed E-state index contributed by atoms with van der Waals surface area (Å²) < 4.78 is 5.14. The summed E-state index contributed by atoms with van der Waals surface area (Å²) in [7, 11) is 1.59. The van der Waals surface area contributed by atoms with Gasteiger partial charge in [-0.2, -0.15) is 0 Å². The van der Waals surface area contributed by atoms with Gasteiger partial charge >= 0.3 is 0 Å². The van der Waals surface area contributed by atoms with E-state index in [-0.39, 0.29) is 37.4 Å². The van der Waals surface area contributed by atoms with Gasteiger partial charge in [0.25, 0.3) is 0 Å². The van der Waals surface area contributed by atoms with E-state index in [0.29, 0.717) is 0 Å². The maximum atomic E-state index is 12.1. The van der Waals surface area contributed by atoms with Gasteiger partial charge in [0, 0.05) is 4.90 Å². The Hall–Kier alpha value is -0.780. The smallest absolute Gasteiger partial charge is 0.234 e. The first-order valence-electron chi connectivity index (χ1n) is 6.32. The van der Waals surface area contributed by atoms with Crippen LogP contribution in [0.5, 0.6) is 5.75 Å². The van der Waals surface area contributed by atoms with Crippen LogP contribution < -0.4 is 10.1 Å². The maximum Gasteiger partial charge on any atom is 0.234 e. The summed E-state index contributed by atoms with van der Waals surface area (Å²) in [5.74, 6) is 0.618. The summed E-state index contributed by atoms with van der Waals surface area (Å²) in [5, 5.41) is 3.38. The molecule has 23 heavy (non-hydrogen) atoms. The highest BCUT2D eigenvalue weighted by Crippen LogP contribution is 2.41. The lowest BCUT2D eigenvalue weighted by Crippen LogP contribution is -2.14. The van der Waals surface area contributed by atoms with Crippen LogP contribution in [0.25, 0.3) is 0 Å². The van der Waals surface area contributed by atoms with Crippen molar-refractivity contribution in [3.8, 4) is 5.75 Å². The second-order valence-electron chi connectivity index (χ2n) is 4.36. The minimum atomic E-state index is -0.278. The van der Waals surface area contributed by atoms with Crippen LogP contribution in [0.3, 0.4) is 0 Å². The summed E-state index contributed by atoms with van der Waals surface area (Å²) in [5.41, 5.74) is 0.210. The zero-order valence-corrected chi connectivity index (χ0v) is 15.7. The van der Waals surface area contributed by atoms with Gasteiger partial charge in [-0.15, -0.1) is 11.8 Å². The molecule has 0 aliphatic heterocycles. The lowest BCUT2D eigenvalue weighted by atomic mass is 10.3. The summed E-state index contributed by atoms with van der Waals surface area (Å²) in [6, 6.07) is 8.83.